The summed E-state index contributed by atoms with van der Waals surface area (Å²) in [6, 6.07) is 29.5. The molecule has 3 aromatic rings. The Bertz CT molecular complexity index is 886. The summed E-state index contributed by atoms with van der Waals surface area (Å²) in [5.74, 6) is -0.582. The van der Waals surface area contributed by atoms with Crippen LogP contribution in [0.2, 0.25) is 0 Å². The molecule has 148 valence electrons. The lowest BCUT2D eigenvalue weighted by Gasteiger charge is -2.38. The van der Waals surface area contributed by atoms with Crippen LogP contribution in [0.1, 0.15) is 29.5 Å². The molecule has 0 saturated carbocycles. The fourth-order valence-electron chi connectivity index (χ4n) is 3.97. The second-order valence-electron chi connectivity index (χ2n) is 7.39. The second-order valence-corrected chi connectivity index (χ2v) is 7.39. The zero-order chi connectivity index (χ0) is 20.3. The van der Waals surface area contributed by atoms with Crippen molar-refractivity contribution in [1.29, 1.82) is 0 Å². The quantitative estimate of drug-likeness (QED) is 0.528. The van der Waals surface area contributed by atoms with E-state index in [0.717, 1.165) is 16.7 Å². The van der Waals surface area contributed by atoms with Crippen molar-refractivity contribution in [3.05, 3.63) is 119 Å². The van der Waals surface area contributed by atoms with Crippen molar-refractivity contribution in [1.82, 2.24) is 0 Å². The number of aliphatic hydroxyl groups excluding tert-OH is 2. The molecule has 0 radical (unpaired) electrons. The zero-order valence-electron chi connectivity index (χ0n) is 16.0. The van der Waals surface area contributed by atoms with Crippen molar-refractivity contribution in [3.63, 3.8) is 0 Å². The molecule has 3 N–H and O–H groups in total. The molecule has 0 fully saturated rings. The Labute approximate surface area is 170 Å². The summed E-state index contributed by atoms with van der Waals surface area (Å²) < 4.78 is 6.54. The number of rotatable bonds is 6. The average molecular weight is 388 g/mol. The van der Waals surface area contributed by atoms with E-state index in [4.69, 9.17) is 4.74 Å². The first-order valence-corrected chi connectivity index (χ1v) is 9.71. The van der Waals surface area contributed by atoms with Crippen molar-refractivity contribution in [3.8, 4) is 0 Å². The van der Waals surface area contributed by atoms with E-state index in [9.17, 15) is 15.3 Å². The first-order valence-electron chi connectivity index (χ1n) is 9.71. The number of hydrogen-bond donors (Lipinski definition) is 3. The van der Waals surface area contributed by atoms with E-state index in [0.29, 0.717) is 0 Å². The molecular formula is C25H24O4. The number of aliphatic hydroxyl groups is 3. The SMILES string of the molecule is OC1=C(O)C(O)(COC(c2ccccc2)(c2ccccc2)c2ccccc2)CC1. The molecule has 1 atom stereocenters. The summed E-state index contributed by atoms with van der Waals surface area (Å²) in [6.45, 7) is -0.165. The molecule has 1 aliphatic carbocycles. The summed E-state index contributed by atoms with van der Waals surface area (Å²) >= 11 is 0. The third kappa shape index (κ3) is 3.41. The molecule has 4 nitrogen and oxygen atoms in total. The van der Waals surface area contributed by atoms with Crippen molar-refractivity contribution < 1.29 is 20.1 Å². The lowest BCUT2D eigenvalue weighted by Crippen LogP contribution is -2.41. The fourth-order valence-corrected chi connectivity index (χ4v) is 3.97. The Morgan fingerprint density at radius 1 is 0.724 bits per heavy atom. The highest BCUT2D eigenvalue weighted by Crippen LogP contribution is 2.43. The fraction of sp³-hybridized carbons (Fsp3) is 0.200. The minimum atomic E-state index is -1.62. The standard InChI is InChI=1S/C25H24O4/c26-22-16-17-24(28,23(22)27)18-29-25(19-10-4-1-5-11-19,20-12-6-2-7-13-20)21-14-8-3-9-15-21/h1-15,26-28H,16-18H2. The maximum absolute atomic E-state index is 10.9. The van der Waals surface area contributed by atoms with Crippen LogP contribution in [0, 0.1) is 0 Å². The number of ether oxygens (including phenoxy) is 1. The van der Waals surface area contributed by atoms with Gasteiger partial charge in [-0.05, 0) is 23.1 Å². The van der Waals surface area contributed by atoms with Gasteiger partial charge in [-0.25, -0.2) is 0 Å². The van der Waals surface area contributed by atoms with Crippen molar-refractivity contribution in [2.45, 2.75) is 24.0 Å². The molecule has 1 aliphatic rings. The predicted molar refractivity (Wildman–Crippen MR) is 112 cm³/mol. The van der Waals surface area contributed by atoms with Crippen LogP contribution in [-0.4, -0.2) is 27.5 Å². The van der Waals surface area contributed by atoms with E-state index >= 15 is 0 Å². The van der Waals surface area contributed by atoms with Gasteiger partial charge in [0.2, 0.25) is 0 Å². The van der Waals surface area contributed by atoms with Gasteiger partial charge >= 0.3 is 0 Å². The first-order chi connectivity index (χ1) is 14.1. The summed E-state index contributed by atoms with van der Waals surface area (Å²) in [4.78, 5) is 0. The minimum Gasteiger partial charge on any atom is -0.509 e. The molecule has 3 aromatic carbocycles. The van der Waals surface area contributed by atoms with E-state index in [1.807, 2.05) is 91.0 Å². The molecule has 0 heterocycles. The van der Waals surface area contributed by atoms with E-state index in [1.165, 1.54) is 0 Å². The summed E-state index contributed by atoms with van der Waals surface area (Å²) in [5.41, 5.74) is 0.121. The van der Waals surface area contributed by atoms with E-state index in [2.05, 4.69) is 0 Å². The molecule has 0 bridgehead atoms. The molecule has 0 amide bonds. The van der Waals surface area contributed by atoms with Gasteiger partial charge in [0.25, 0.3) is 0 Å². The molecule has 29 heavy (non-hydrogen) atoms. The number of benzene rings is 3. The van der Waals surface area contributed by atoms with E-state index in [-0.39, 0.29) is 25.2 Å². The molecule has 4 rings (SSSR count). The van der Waals surface area contributed by atoms with Crippen molar-refractivity contribution >= 4 is 0 Å². The Hall–Kier alpha value is -3.08. The average Bonchev–Trinajstić information content (AvgIpc) is 3.04. The van der Waals surface area contributed by atoms with Gasteiger partial charge in [-0.3, -0.25) is 0 Å². The predicted octanol–water partition coefficient (Wildman–Crippen LogP) is 4.85. The Morgan fingerprint density at radius 3 is 1.48 bits per heavy atom. The molecule has 1 unspecified atom stereocenters. The molecular weight excluding hydrogens is 364 g/mol. The van der Waals surface area contributed by atoms with Crippen LogP contribution in [0.15, 0.2) is 103 Å². The lowest BCUT2D eigenvalue weighted by molar-refractivity contribution is -0.0878. The molecule has 0 saturated heterocycles. The largest absolute Gasteiger partial charge is 0.509 e. The Balaban J connectivity index is 1.87. The third-order valence-corrected chi connectivity index (χ3v) is 5.56. The van der Waals surface area contributed by atoms with Gasteiger partial charge in [-0.2, -0.15) is 0 Å². The van der Waals surface area contributed by atoms with Crippen LogP contribution in [-0.2, 0) is 10.3 Å². The maximum Gasteiger partial charge on any atom is 0.164 e. The second kappa shape index (κ2) is 7.74. The summed E-state index contributed by atoms with van der Waals surface area (Å²) in [5, 5.41) is 31.0. The highest BCUT2D eigenvalue weighted by atomic mass is 16.5. The van der Waals surface area contributed by atoms with Crippen LogP contribution in [0.5, 0.6) is 0 Å². The number of hydrogen-bond acceptors (Lipinski definition) is 4. The highest BCUT2D eigenvalue weighted by Gasteiger charge is 2.45. The van der Waals surface area contributed by atoms with Gasteiger partial charge in [0.05, 0.1) is 6.61 Å². The molecule has 0 aromatic heterocycles. The Kier molecular flexibility index (Phi) is 5.14. The van der Waals surface area contributed by atoms with Crippen LogP contribution >= 0.6 is 0 Å². The van der Waals surface area contributed by atoms with Crippen molar-refractivity contribution in [2.24, 2.45) is 0 Å². The zero-order valence-corrected chi connectivity index (χ0v) is 16.0. The molecule has 0 spiro atoms. The van der Waals surface area contributed by atoms with Gasteiger partial charge in [-0.15, -0.1) is 0 Å². The topological polar surface area (TPSA) is 69.9 Å². The molecule has 0 aliphatic heterocycles. The van der Waals surface area contributed by atoms with Gasteiger partial charge in [-0.1, -0.05) is 91.0 Å². The van der Waals surface area contributed by atoms with E-state index < -0.39 is 17.0 Å². The summed E-state index contributed by atoms with van der Waals surface area (Å²) in [6.07, 6.45) is 0.430. The molecule has 4 heteroatoms. The summed E-state index contributed by atoms with van der Waals surface area (Å²) in [7, 11) is 0. The van der Waals surface area contributed by atoms with E-state index in [1.54, 1.807) is 0 Å². The maximum atomic E-state index is 10.9. The van der Waals surface area contributed by atoms with Crippen LogP contribution in [0.3, 0.4) is 0 Å². The van der Waals surface area contributed by atoms with Gasteiger partial charge in [0.1, 0.15) is 17.0 Å². The lowest BCUT2D eigenvalue weighted by atomic mass is 9.80. The van der Waals surface area contributed by atoms with Crippen LogP contribution in [0.4, 0.5) is 0 Å². The van der Waals surface area contributed by atoms with Crippen LogP contribution < -0.4 is 0 Å². The van der Waals surface area contributed by atoms with Gasteiger partial charge < -0.3 is 20.1 Å². The third-order valence-electron chi connectivity index (χ3n) is 5.56. The highest BCUT2D eigenvalue weighted by molar-refractivity contribution is 5.47. The first kappa shape index (κ1) is 19.2. The normalized spacial score (nSPS) is 19.5. The van der Waals surface area contributed by atoms with Gasteiger partial charge in [0.15, 0.2) is 5.76 Å². The van der Waals surface area contributed by atoms with Gasteiger partial charge in [0, 0.05) is 6.42 Å². The van der Waals surface area contributed by atoms with Crippen LogP contribution in [0.25, 0.3) is 0 Å². The van der Waals surface area contributed by atoms with Crippen molar-refractivity contribution in [2.75, 3.05) is 6.61 Å². The smallest absolute Gasteiger partial charge is 0.164 e. The number of allylic oxidation sites excluding steroid dienone is 1. The Morgan fingerprint density at radius 2 is 1.14 bits per heavy atom. The monoisotopic (exact) mass is 388 g/mol. The minimum absolute atomic E-state index is 0.165.